The number of amides is 3. The lowest BCUT2D eigenvalue weighted by molar-refractivity contribution is -0.0523. The molecule has 8 heteroatoms. The molecule has 0 saturated carbocycles. The highest BCUT2D eigenvalue weighted by atomic mass is 16.6. The minimum atomic E-state index is -1.32. The van der Waals surface area contributed by atoms with Crippen LogP contribution in [-0.4, -0.2) is 37.2 Å². The summed E-state index contributed by atoms with van der Waals surface area (Å²) >= 11 is 0. The third-order valence-corrected chi connectivity index (χ3v) is 5.94. The van der Waals surface area contributed by atoms with Gasteiger partial charge >= 0.3 is 12.1 Å². The Hall–Kier alpha value is -3.26. The van der Waals surface area contributed by atoms with Gasteiger partial charge in [-0.15, -0.1) is 0 Å². The summed E-state index contributed by atoms with van der Waals surface area (Å²) in [4.78, 5) is 29.4. The van der Waals surface area contributed by atoms with Crippen molar-refractivity contribution in [3.63, 3.8) is 0 Å². The minimum Gasteiger partial charge on any atom is -0.497 e. The van der Waals surface area contributed by atoms with Crippen molar-refractivity contribution < 1.29 is 23.8 Å². The van der Waals surface area contributed by atoms with Crippen LogP contribution in [0.2, 0.25) is 0 Å². The number of methoxy groups -OCH3 is 1. The maximum absolute atomic E-state index is 13.7. The van der Waals surface area contributed by atoms with Gasteiger partial charge in [-0.05, 0) is 25.1 Å². The average molecular weight is 395 g/mol. The zero-order valence-electron chi connectivity index (χ0n) is 16.3. The maximum atomic E-state index is 13.7. The lowest BCUT2D eigenvalue weighted by atomic mass is 9.90. The highest BCUT2D eigenvalue weighted by Crippen LogP contribution is 2.60. The number of alkyl carbamates (subject to hydrolysis) is 1. The van der Waals surface area contributed by atoms with Gasteiger partial charge in [-0.3, -0.25) is 15.1 Å². The second-order valence-corrected chi connectivity index (χ2v) is 7.31. The fourth-order valence-electron chi connectivity index (χ4n) is 4.79. The first-order valence-corrected chi connectivity index (χ1v) is 9.48. The molecule has 150 valence electrons. The molecule has 2 aromatic rings. The van der Waals surface area contributed by atoms with Crippen LogP contribution in [0.4, 0.5) is 21.0 Å². The summed E-state index contributed by atoms with van der Waals surface area (Å²) in [5, 5.41) is 2.92. The summed E-state index contributed by atoms with van der Waals surface area (Å²) < 4.78 is 17.3. The predicted molar refractivity (Wildman–Crippen MR) is 105 cm³/mol. The normalized spacial score (nSPS) is 29.3. The van der Waals surface area contributed by atoms with Gasteiger partial charge in [-0.25, -0.2) is 9.59 Å². The molecule has 1 spiro atoms. The van der Waals surface area contributed by atoms with E-state index in [1.807, 2.05) is 49.4 Å². The molecule has 1 N–H and O–H groups in total. The number of benzene rings is 2. The summed E-state index contributed by atoms with van der Waals surface area (Å²) in [6.07, 6.45) is -1.21. The lowest BCUT2D eigenvalue weighted by Gasteiger charge is -2.40. The molecule has 0 aliphatic carbocycles. The Labute approximate surface area is 167 Å². The van der Waals surface area contributed by atoms with Gasteiger partial charge in [0.1, 0.15) is 11.9 Å². The number of hydrogen-bond donors (Lipinski definition) is 1. The number of hydrogen-bond acceptors (Lipinski definition) is 5. The van der Waals surface area contributed by atoms with Crippen molar-refractivity contribution in [1.82, 2.24) is 5.32 Å². The van der Waals surface area contributed by atoms with E-state index in [4.69, 9.17) is 14.2 Å². The largest absolute Gasteiger partial charge is 0.497 e. The molecule has 0 radical (unpaired) electrons. The van der Waals surface area contributed by atoms with Crippen molar-refractivity contribution in [2.24, 2.45) is 0 Å². The highest BCUT2D eigenvalue weighted by Gasteiger charge is 2.79. The van der Waals surface area contributed by atoms with Gasteiger partial charge in [0.05, 0.1) is 12.8 Å². The monoisotopic (exact) mass is 395 g/mol. The van der Waals surface area contributed by atoms with Crippen molar-refractivity contribution in [1.29, 1.82) is 0 Å². The Bertz CT molecular complexity index is 1010. The van der Waals surface area contributed by atoms with Crippen molar-refractivity contribution in [2.75, 3.05) is 23.5 Å². The van der Waals surface area contributed by atoms with Crippen LogP contribution in [0, 0.1) is 0 Å². The lowest BCUT2D eigenvalue weighted by Crippen LogP contribution is -2.65. The number of rotatable bonds is 4. The van der Waals surface area contributed by atoms with Crippen LogP contribution in [0.25, 0.3) is 0 Å². The predicted octanol–water partition coefficient (Wildman–Crippen LogP) is 3.39. The number of anilines is 2. The van der Waals surface area contributed by atoms with Gasteiger partial charge < -0.3 is 14.2 Å². The van der Waals surface area contributed by atoms with E-state index in [-0.39, 0.29) is 6.03 Å². The van der Waals surface area contributed by atoms with Crippen LogP contribution < -0.4 is 19.9 Å². The van der Waals surface area contributed by atoms with Gasteiger partial charge in [0, 0.05) is 30.8 Å². The number of nitrogens with one attached hydrogen (secondary N) is 1. The molecule has 3 atom stereocenters. The number of carbonyl (C=O) groups excluding carboxylic acids is 2. The molecular weight excluding hydrogens is 374 g/mol. The highest BCUT2D eigenvalue weighted by molar-refractivity contribution is 6.12. The minimum absolute atomic E-state index is 0.310. The first-order chi connectivity index (χ1) is 14.0. The van der Waals surface area contributed by atoms with E-state index in [0.29, 0.717) is 23.7 Å². The summed E-state index contributed by atoms with van der Waals surface area (Å²) in [6.45, 7) is 4.02. The topological polar surface area (TPSA) is 80.3 Å². The van der Waals surface area contributed by atoms with E-state index in [0.717, 1.165) is 5.56 Å². The molecule has 3 unspecified atom stereocenters. The van der Waals surface area contributed by atoms with Crippen LogP contribution >= 0.6 is 0 Å². The number of para-hydroxylation sites is 1. The number of ether oxygens (including phenoxy) is 3. The maximum Gasteiger partial charge on any atom is 0.411 e. The molecule has 3 aliphatic rings. The molecule has 0 bridgehead atoms. The zero-order chi connectivity index (χ0) is 20.4. The van der Waals surface area contributed by atoms with Crippen LogP contribution in [0.5, 0.6) is 5.75 Å². The average Bonchev–Trinajstić information content (AvgIpc) is 3.20. The summed E-state index contributed by atoms with van der Waals surface area (Å²) in [5.74, 6) is 0.606. The molecule has 2 saturated heterocycles. The van der Waals surface area contributed by atoms with Gasteiger partial charge in [-0.1, -0.05) is 24.3 Å². The summed E-state index contributed by atoms with van der Waals surface area (Å²) in [7, 11) is 1.57. The number of carbonyl (C=O) groups is 2. The molecule has 29 heavy (non-hydrogen) atoms. The van der Waals surface area contributed by atoms with Crippen LogP contribution in [0.3, 0.4) is 0 Å². The van der Waals surface area contributed by atoms with E-state index < -0.39 is 23.6 Å². The van der Waals surface area contributed by atoms with Crippen molar-refractivity contribution in [2.45, 2.75) is 31.3 Å². The van der Waals surface area contributed by atoms with Crippen molar-refractivity contribution in [3.05, 3.63) is 54.1 Å². The van der Waals surface area contributed by atoms with Crippen LogP contribution in [-0.2, 0) is 9.47 Å². The molecule has 2 aromatic carbocycles. The molecule has 0 aromatic heterocycles. The van der Waals surface area contributed by atoms with E-state index in [1.54, 1.807) is 25.0 Å². The molecular formula is C21H21N3O5. The molecule has 3 heterocycles. The number of nitrogens with zero attached hydrogens (tertiary/aromatic N) is 2. The summed E-state index contributed by atoms with van der Waals surface area (Å²) in [5.41, 5.74) is -0.518. The Balaban J connectivity index is 1.78. The summed E-state index contributed by atoms with van der Waals surface area (Å²) in [6, 6.07) is 14.3. The third kappa shape index (κ3) is 2.01. The standard InChI is InChI=1S/C21H21N3O5/c1-4-28-17-15-11-10-14(27-3)12-16(15)24-19(26)23(13-8-6-5-7-9-13)20(2)21(17,24)22-18(25)29-20/h5-12,17H,4H2,1-3H3,(H,22,25). The second-order valence-electron chi connectivity index (χ2n) is 7.31. The Kier molecular flexibility index (Phi) is 3.61. The van der Waals surface area contributed by atoms with E-state index in [9.17, 15) is 9.59 Å². The first kappa shape index (κ1) is 17.8. The molecule has 5 rings (SSSR count). The SMILES string of the molecule is CCOC1c2ccc(OC)cc2N2C(=O)N(c3ccccc3)C3(C)OC(=O)NC123. The van der Waals surface area contributed by atoms with E-state index in [2.05, 4.69) is 5.32 Å². The molecule has 2 fully saturated rings. The Morgan fingerprint density at radius 1 is 1.14 bits per heavy atom. The van der Waals surface area contributed by atoms with Crippen LogP contribution in [0.1, 0.15) is 25.5 Å². The van der Waals surface area contributed by atoms with Crippen molar-refractivity contribution in [3.8, 4) is 5.75 Å². The Morgan fingerprint density at radius 3 is 2.59 bits per heavy atom. The zero-order valence-corrected chi connectivity index (χ0v) is 16.3. The van der Waals surface area contributed by atoms with E-state index >= 15 is 0 Å². The fourth-order valence-corrected chi connectivity index (χ4v) is 4.79. The van der Waals surface area contributed by atoms with Gasteiger partial charge in [0.25, 0.3) is 0 Å². The molecule has 3 aliphatic heterocycles. The van der Waals surface area contributed by atoms with Crippen LogP contribution in [0.15, 0.2) is 48.5 Å². The molecule has 8 nitrogen and oxygen atoms in total. The van der Waals surface area contributed by atoms with Crippen molar-refractivity contribution >= 4 is 23.5 Å². The first-order valence-electron chi connectivity index (χ1n) is 9.48. The molecule has 3 amide bonds. The second kappa shape index (κ2) is 5.87. The third-order valence-electron chi connectivity index (χ3n) is 5.94. The fraction of sp³-hybridized carbons (Fsp3) is 0.333. The van der Waals surface area contributed by atoms with Gasteiger partial charge in [0.2, 0.25) is 11.4 Å². The smallest absolute Gasteiger partial charge is 0.411 e. The van der Waals surface area contributed by atoms with Gasteiger partial charge in [0.15, 0.2) is 0 Å². The van der Waals surface area contributed by atoms with E-state index in [1.165, 1.54) is 4.90 Å². The van der Waals surface area contributed by atoms with Gasteiger partial charge in [-0.2, -0.15) is 0 Å². The quantitative estimate of drug-likeness (QED) is 0.858. The number of fused-ring (bicyclic) bond motifs is 2. The Morgan fingerprint density at radius 2 is 1.90 bits per heavy atom. The number of urea groups is 1.